The Balaban J connectivity index is 1.04. The van der Waals surface area contributed by atoms with Gasteiger partial charge in [-0.2, -0.15) is 0 Å². The van der Waals surface area contributed by atoms with E-state index in [0.717, 1.165) is 58.6 Å². The third-order valence-corrected chi connectivity index (χ3v) is 20.5. The lowest BCUT2D eigenvalue weighted by Crippen LogP contribution is -2.65. The zero-order chi connectivity index (χ0) is 58.4. The molecule has 0 saturated carbocycles. The Bertz CT molecular complexity index is 3950. The standard InChI is InChI=1S/C76H78B2N6/c1-71(2,3)65-45-63-67-69(79-65)83(49-33-35-51-53(41-49)75(11,12)39-37-73(51,7)8)59-31-23-21-29-55(59)77(67)57-43-58-62(44-61(57)81(63)47-25-17-15-18-26-47)82(48-27-19-16-20-28-48)64-46-66(72(4,5)6)80-70-68(64)78(58)56-30-22-24-32-60(56)84(70)50-34-36-52-54(42-50)76(13,14)40-38-74(52,9)10/h15-36,41-46H,37-40H2,1-14H3. The van der Waals surface area contributed by atoms with E-state index in [9.17, 15) is 0 Å². The van der Waals surface area contributed by atoms with E-state index in [2.05, 4.69) is 286 Å². The van der Waals surface area contributed by atoms with Crippen LogP contribution in [0.3, 0.4) is 0 Å². The zero-order valence-electron chi connectivity index (χ0n) is 51.8. The lowest BCUT2D eigenvalue weighted by molar-refractivity contribution is 0.332. The molecular formula is C76H78B2N6. The second kappa shape index (κ2) is 17.9. The third kappa shape index (κ3) is 7.76. The predicted octanol–water partition coefficient (Wildman–Crippen LogP) is 15.9. The number of benzene rings is 7. The molecule has 4 aliphatic heterocycles. The van der Waals surface area contributed by atoms with Crippen LogP contribution in [0, 0.1) is 0 Å². The third-order valence-electron chi connectivity index (χ3n) is 20.5. The fraction of sp³-hybridized carbons (Fsp3) is 0.316. The van der Waals surface area contributed by atoms with Crippen LogP contribution in [-0.2, 0) is 32.5 Å². The number of aromatic nitrogens is 2. The second-order valence-electron chi connectivity index (χ2n) is 30.0. The Labute approximate surface area is 500 Å². The van der Waals surface area contributed by atoms with Crippen molar-refractivity contribution in [3.63, 3.8) is 0 Å². The van der Waals surface area contributed by atoms with Gasteiger partial charge < -0.3 is 9.80 Å². The van der Waals surface area contributed by atoms with Crippen molar-refractivity contribution >= 4 is 115 Å². The molecule has 0 N–H and O–H groups in total. The summed E-state index contributed by atoms with van der Waals surface area (Å²) in [6.45, 7) is 33.1. The van der Waals surface area contributed by atoms with Crippen molar-refractivity contribution in [2.24, 2.45) is 0 Å². The van der Waals surface area contributed by atoms with Crippen LogP contribution >= 0.6 is 0 Å². The minimum atomic E-state index is -0.261. The summed E-state index contributed by atoms with van der Waals surface area (Å²) in [5, 5.41) is 0. The highest BCUT2D eigenvalue weighted by molar-refractivity contribution is 7.03. The van der Waals surface area contributed by atoms with E-state index >= 15 is 0 Å². The molecule has 0 fully saturated rings. The molecule has 15 rings (SSSR count). The summed E-state index contributed by atoms with van der Waals surface area (Å²) in [7, 11) is 0. The highest BCUT2D eigenvalue weighted by Crippen LogP contribution is 2.53. The summed E-state index contributed by atoms with van der Waals surface area (Å²) in [6.07, 6.45) is 4.63. The zero-order valence-corrected chi connectivity index (χ0v) is 51.8. The van der Waals surface area contributed by atoms with Crippen LogP contribution in [0.2, 0.25) is 0 Å². The van der Waals surface area contributed by atoms with Crippen molar-refractivity contribution in [2.45, 2.75) is 155 Å². The molecule has 0 amide bonds. The van der Waals surface area contributed by atoms with Crippen molar-refractivity contribution in [3.05, 3.63) is 203 Å². The van der Waals surface area contributed by atoms with Crippen molar-refractivity contribution in [1.82, 2.24) is 9.97 Å². The molecular weight excluding hydrogens is 1020 g/mol. The Kier molecular flexibility index (Phi) is 11.3. The van der Waals surface area contributed by atoms with Crippen LogP contribution in [0.5, 0.6) is 0 Å². The van der Waals surface area contributed by atoms with E-state index in [-0.39, 0.29) is 45.9 Å². The molecule has 0 unspecified atom stereocenters. The predicted molar refractivity (Wildman–Crippen MR) is 358 cm³/mol. The maximum absolute atomic E-state index is 5.95. The number of pyridine rings is 2. The van der Waals surface area contributed by atoms with Gasteiger partial charge in [-0.3, -0.25) is 9.80 Å². The van der Waals surface area contributed by atoms with Gasteiger partial charge in [0.15, 0.2) is 0 Å². The van der Waals surface area contributed by atoms with Gasteiger partial charge in [0.2, 0.25) is 0 Å². The first-order valence-corrected chi connectivity index (χ1v) is 31.0. The van der Waals surface area contributed by atoms with Gasteiger partial charge in [0.25, 0.3) is 13.4 Å². The molecule has 6 heterocycles. The first kappa shape index (κ1) is 52.9. The van der Waals surface area contributed by atoms with Gasteiger partial charge in [0.05, 0.1) is 11.4 Å². The number of hydrogen-bond donors (Lipinski definition) is 0. The van der Waals surface area contributed by atoms with Crippen molar-refractivity contribution in [2.75, 3.05) is 19.6 Å². The highest BCUT2D eigenvalue weighted by Gasteiger charge is 2.51. The van der Waals surface area contributed by atoms with Crippen LogP contribution < -0.4 is 52.4 Å². The van der Waals surface area contributed by atoms with Gasteiger partial charge in [-0.15, -0.1) is 0 Å². The summed E-state index contributed by atoms with van der Waals surface area (Å²) in [4.78, 5) is 22.1. The molecule has 0 spiro atoms. The topological polar surface area (TPSA) is 38.7 Å². The van der Waals surface area contributed by atoms with E-state index in [1.165, 1.54) is 102 Å². The molecule has 2 aromatic heterocycles. The van der Waals surface area contributed by atoms with E-state index in [0.29, 0.717) is 0 Å². The molecule has 0 radical (unpaired) electrons. The minimum Gasteiger partial charge on any atom is -0.311 e. The van der Waals surface area contributed by atoms with E-state index in [1.807, 2.05) is 0 Å². The summed E-state index contributed by atoms with van der Waals surface area (Å²) in [5.74, 6) is 2.01. The van der Waals surface area contributed by atoms with E-state index in [4.69, 9.17) is 9.97 Å². The Hall–Kier alpha value is -7.83. The van der Waals surface area contributed by atoms with Gasteiger partial charge >= 0.3 is 0 Å². The van der Waals surface area contributed by atoms with Gasteiger partial charge in [-0.25, -0.2) is 9.97 Å². The molecule has 9 aromatic rings. The largest absolute Gasteiger partial charge is 0.311 e. The Morgan fingerprint density at radius 3 is 1.06 bits per heavy atom. The van der Waals surface area contributed by atoms with Gasteiger partial charge in [0, 0.05) is 67.7 Å². The molecule has 0 saturated heterocycles. The number of fused-ring (bicyclic) bond motifs is 10. The quantitative estimate of drug-likeness (QED) is 0.164. The summed E-state index contributed by atoms with van der Waals surface area (Å²) >= 11 is 0. The molecule has 7 aromatic carbocycles. The average Bonchev–Trinajstić information content (AvgIpc) is 0.767. The van der Waals surface area contributed by atoms with E-state index in [1.54, 1.807) is 0 Å². The normalized spacial score (nSPS) is 17.9. The van der Waals surface area contributed by atoms with Gasteiger partial charge in [-0.05, 0) is 181 Å². The number of rotatable bonds is 4. The van der Waals surface area contributed by atoms with Crippen LogP contribution in [0.15, 0.2) is 170 Å². The molecule has 0 bridgehead atoms. The smallest absolute Gasteiger partial charge is 0.254 e. The number of hydrogen-bond acceptors (Lipinski definition) is 6. The van der Waals surface area contributed by atoms with Crippen LogP contribution in [0.25, 0.3) is 0 Å². The number of nitrogens with zero attached hydrogens (tertiary/aromatic N) is 6. The SMILES string of the molecule is CC(C)(C)c1cc2c3c(n1)N(c1ccc4c(c1)C(C)(C)CCC4(C)C)c1ccccc1B3c1cc3c(cc1N2c1ccccc1)N(c1ccccc1)c1cc(C(C)(C)C)nc2c1B3c1ccccc1N2c1ccc2c(c1)C(C)(C)CCC2(C)C. The monoisotopic (exact) mass is 1100 g/mol. The molecule has 0 atom stereocenters. The van der Waals surface area contributed by atoms with Crippen molar-refractivity contribution in [3.8, 4) is 0 Å². The highest BCUT2D eigenvalue weighted by atomic mass is 15.2. The van der Waals surface area contributed by atoms with Crippen LogP contribution in [0.1, 0.15) is 156 Å². The number of para-hydroxylation sites is 4. The fourth-order valence-corrected chi connectivity index (χ4v) is 15.5. The Morgan fingerprint density at radius 1 is 0.321 bits per heavy atom. The lowest BCUT2D eigenvalue weighted by Gasteiger charge is -2.47. The van der Waals surface area contributed by atoms with Crippen LogP contribution in [-0.4, -0.2) is 23.4 Å². The number of anilines is 12. The minimum absolute atomic E-state index is 0.0281. The summed E-state index contributed by atoms with van der Waals surface area (Å²) < 4.78 is 0. The first-order valence-electron chi connectivity index (χ1n) is 31.0. The molecule has 8 heteroatoms. The van der Waals surface area contributed by atoms with Crippen molar-refractivity contribution in [1.29, 1.82) is 0 Å². The maximum atomic E-state index is 5.95. The maximum Gasteiger partial charge on any atom is 0.254 e. The molecule has 418 valence electrons. The second-order valence-corrected chi connectivity index (χ2v) is 30.0. The lowest BCUT2D eigenvalue weighted by atomic mass is 9.30. The van der Waals surface area contributed by atoms with Crippen molar-refractivity contribution < 1.29 is 0 Å². The molecule has 6 nitrogen and oxygen atoms in total. The summed E-state index contributed by atoms with van der Waals surface area (Å²) in [6, 6.07) is 65.5. The molecule has 84 heavy (non-hydrogen) atoms. The van der Waals surface area contributed by atoms with Gasteiger partial charge in [-0.1, -0.05) is 188 Å². The first-order chi connectivity index (χ1) is 39.9. The van der Waals surface area contributed by atoms with E-state index < -0.39 is 0 Å². The summed E-state index contributed by atoms with van der Waals surface area (Å²) in [5.41, 5.74) is 26.8. The molecule has 6 aliphatic rings. The fourth-order valence-electron chi connectivity index (χ4n) is 15.5. The average molecular weight is 1100 g/mol. The van der Waals surface area contributed by atoms with Gasteiger partial charge in [0.1, 0.15) is 11.6 Å². The Morgan fingerprint density at radius 2 is 0.679 bits per heavy atom. The van der Waals surface area contributed by atoms with Crippen LogP contribution in [0.4, 0.5) is 68.5 Å². The molecule has 2 aliphatic carbocycles.